The molecule has 0 bridgehead atoms. The first-order chi connectivity index (χ1) is 9.19. The number of rotatable bonds is 5. The summed E-state index contributed by atoms with van der Waals surface area (Å²) >= 11 is 5.79. The lowest BCUT2D eigenvalue weighted by Crippen LogP contribution is -2.03. The third-order valence-electron chi connectivity index (χ3n) is 3.02. The maximum absolute atomic E-state index is 12.7. The first-order valence-corrected chi connectivity index (χ1v) is 6.75. The van der Waals surface area contributed by atoms with E-state index in [1.54, 1.807) is 12.1 Å². The van der Waals surface area contributed by atoms with E-state index in [-0.39, 0.29) is 5.82 Å². The van der Waals surface area contributed by atoms with E-state index >= 15 is 0 Å². The molecule has 0 aliphatic rings. The Bertz CT molecular complexity index is 537. The quantitative estimate of drug-likeness (QED) is 0.732. The monoisotopic (exact) mass is 278 g/mol. The Kier molecular flexibility index (Phi) is 4.80. The molecular formula is C16H16ClFO. The van der Waals surface area contributed by atoms with Crippen molar-refractivity contribution in [1.29, 1.82) is 0 Å². The number of hydrogen-bond donors (Lipinski definition) is 0. The zero-order valence-electron chi connectivity index (χ0n) is 10.8. The van der Waals surface area contributed by atoms with E-state index in [4.69, 9.17) is 16.3 Å². The van der Waals surface area contributed by atoms with Crippen LogP contribution in [-0.4, -0.2) is 6.61 Å². The van der Waals surface area contributed by atoms with Gasteiger partial charge in [0.15, 0.2) is 0 Å². The van der Waals surface area contributed by atoms with Crippen molar-refractivity contribution in [3.63, 3.8) is 0 Å². The fraction of sp³-hybridized carbons (Fsp3) is 0.250. The van der Waals surface area contributed by atoms with E-state index in [1.807, 2.05) is 6.07 Å². The molecule has 0 saturated heterocycles. The summed E-state index contributed by atoms with van der Waals surface area (Å²) in [7, 11) is 0. The van der Waals surface area contributed by atoms with Gasteiger partial charge in [0.1, 0.15) is 11.6 Å². The van der Waals surface area contributed by atoms with Gasteiger partial charge < -0.3 is 4.74 Å². The molecule has 0 heterocycles. The zero-order chi connectivity index (χ0) is 13.7. The van der Waals surface area contributed by atoms with Gasteiger partial charge in [-0.05, 0) is 47.9 Å². The highest BCUT2D eigenvalue weighted by atomic mass is 35.5. The summed E-state index contributed by atoms with van der Waals surface area (Å²) < 4.78 is 18.3. The predicted octanol–water partition coefficient (Wildman–Crippen LogP) is 4.49. The fourth-order valence-electron chi connectivity index (χ4n) is 1.93. The molecule has 19 heavy (non-hydrogen) atoms. The predicted molar refractivity (Wildman–Crippen MR) is 76.3 cm³/mol. The Labute approximate surface area is 118 Å². The number of aryl methyl sites for hydroxylation is 1. The van der Waals surface area contributed by atoms with Crippen LogP contribution in [0.3, 0.4) is 0 Å². The van der Waals surface area contributed by atoms with Crippen LogP contribution in [0.5, 0.6) is 5.75 Å². The first-order valence-electron chi connectivity index (χ1n) is 6.22. The number of hydrogen-bond acceptors (Lipinski definition) is 1. The van der Waals surface area contributed by atoms with Gasteiger partial charge in [0.2, 0.25) is 0 Å². The second-order valence-electron chi connectivity index (χ2n) is 4.45. The highest BCUT2D eigenvalue weighted by Gasteiger charge is 2.01. The molecule has 0 amide bonds. The summed E-state index contributed by atoms with van der Waals surface area (Å²) in [5, 5.41) is 0. The zero-order valence-corrected chi connectivity index (χ0v) is 11.6. The SMILES string of the molecule is Cc1cc(CCl)ccc1CCOc1ccc(F)cc1. The topological polar surface area (TPSA) is 9.23 Å². The molecule has 2 aromatic carbocycles. The van der Waals surface area contributed by atoms with Crippen molar-refractivity contribution in [1.82, 2.24) is 0 Å². The van der Waals surface area contributed by atoms with Crippen LogP contribution in [0.1, 0.15) is 16.7 Å². The third-order valence-corrected chi connectivity index (χ3v) is 3.32. The normalized spacial score (nSPS) is 10.5. The Morgan fingerprint density at radius 1 is 1.11 bits per heavy atom. The molecule has 1 nitrogen and oxygen atoms in total. The van der Waals surface area contributed by atoms with Crippen molar-refractivity contribution in [2.45, 2.75) is 19.2 Å². The highest BCUT2D eigenvalue weighted by molar-refractivity contribution is 6.17. The van der Waals surface area contributed by atoms with Gasteiger partial charge >= 0.3 is 0 Å². The highest BCUT2D eigenvalue weighted by Crippen LogP contribution is 2.15. The smallest absolute Gasteiger partial charge is 0.123 e. The van der Waals surface area contributed by atoms with Crippen molar-refractivity contribution >= 4 is 11.6 Å². The minimum Gasteiger partial charge on any atom is -0.493 e. The van der Waals surface area contributed by atoms with Crippen molar-refractivity contribution in [2.24, 2.45) is 0 Å². The molecule has 0 aliphatic heterocycles. The number of halogens is 2. The maximum Gasteiger partial charge on any atom is 0.123 e. The third kappa shape index (κ3) is 3.97. The molecule has 0 saturated carbocycles. The molecule has 2 aromatic rings. The van der Waals surface area contributed by atoms with Crippen molar-refractivity contribution in [3.05, 3.63) is 65.0 Å². The standard InChI is InChI=1S/C16H16ClFO/c1-12-10-13(11-17)2-3-14(12)8-9-19-16-6-4-15(18)5-7-16/h2-7,10H,8-9,11H2,1H3. The molecular weight excluding hydrogens is 263 g/mol. The number of benzene rings is 2. The largest absolute Gasteiger partial charge is 0.493 e. The molecule has 0 unspecified atom stereocenters. The van der Waals surface area contributed by atoms with Crippen molar-refractivity contribution in [2.75, 3.05) is 6.61 Å². The van der Waals surface area contributed by atoms with Crippen LogP contribution >= 0.6 is 11.6 Å². The average Bonchev–Trinajstić information content (AvgIpc) is 2.42. The summed E-state index contributed by atoms with van der Waals surface area (Å²) in [5.74, 6) is 0.976. The Morgan fingerprint density at radius 2 is 1.84 bits per heavy atom. The van der Waals surface area contributed by atoms with Crippen LogP contribution in [0.2, 0.25) is 0 Å². The average molecular weight is 279 g/mol. The molecule has 0 atom stereocenters. The minimum atomic E-state index is -0.250. The van der Waals surface area contributed by atoms with Crippen molar-refractivity contribution in [3.8, 4) is 5.75 Å². The van der Waals surface area contributed by atoms with Gasteiger partial charge in [-0.15, -0.1) is 11.6 Å². The molecule has 0 N–H and O–H groups in total. The van der Waals surface area contributed by atoms with Crippen LogP contribution < -0.4 is 4.74 Å². The van der Waals surface area contributed by atoms with Gasteiger partial charge in [-0.25, -0.2) is 4.39 Å². The van der Waals surface area contributed by atoms with E-state index in [1.165, 1.54) is 23.3 Å². The summed E-state index contributed by atoms with van der Waals surface area (Å²) in [6.07, 6.45) is 0.825. The van der Waals surface area contributed by atoms with Gasteiger partial charge in [-0.2, -0.15) is 0 Å². The summed E-state index contributed by atoms with van der Waals surface area (Å²) in [5.41, 5.74) is 3.60. The Hall–Kier alpha value is -1.54. The van der Waals surface area contributed by atoms with Crippen LogP contribution in [0, 0.1) is 12.7 Å². The second-order valence-corrected chi connectivity index (χ2v) is 4.71. The van der Waals surface area contributed by atoms with Gasteiger partial charge in [-0.1, -0.05) is 18.2 Å². The molecule has 0 spiro atoms. The molecule has 0 aliphatic carbocycles. The Balaban J connectivity index is 1.90. The van der Waals surface area contributed by atoms with E-state index in [0.29, 0.717) is 18.2 Å². The van der Waals surface area contributed by atoms with Crippen LogP contribution in [0.4, 0.5) is 4.39 Å². The molecule has 0 fully saturated rings. The van der Waals surface area contributed by atoms with Gasteiger partial charge in [0, 0.05) is 12.3 Å². The molecule has 0 radical (unpaired) electrons. The minimum absolute atomic E-state index is 0.250. The fourth-order valence-corrected chi connectivity index (χ4v) is 2.10. The molecule has 0 aromatic heterocycles. The molecule has 3 heteroatoms. The van der Waals surface area contributed by atoms with E-state index < -0.39 is 0 Å². The maximum atomic E-state index is 12.7. The second kappa shape index (κ2) is 6.58. The number of ether oxygens (including phenoxy) is 1. The lowest BCUT2D eigenvalue weighted by atomic mass is 10.0. The Morgan fingerprint density at radius 3 is 2.47 bits per heavy atom. The number of alkyl halides is 1. The van der Waals surface area contributed by atoms with Gasteiger partial charge in [0.25, 0.3) is 0 Å². The van der Waals surface area contributed by atoms with Crippen LogP contribution in [-0.2, 0) is 12.3 Å². The molecule has 100 valence electrons. The molecule has 2 rings (SSSR count). The van der Waals surface area contributed by atoms with E-state index in [2.05, 4.69) is 19.1 Å². The van der Waals surface area contributed by atoms with Crippen LogP contribution in [0.25, 0.3) is 0 Å². The van der Waals surface area contributed by atoms with Gasteiger partial charge in [0.05, 0.1) is 6.61 Å². The van der Waals surface area contributed by atoms with Gasteiger partial charge in [-0.3, -0.25) is 0 Å². The van der Waals surface area contributed by atoms with E-state index in [0.717, 1.165) is 12.0 Å². The summed E-state index contributed by atoms with van der Waals surface area (Å²) in [6.45, 7) is 2.65. The lowest BCUT2D eigenvalue weighted by Gasteiger charge is -2.09. The van der Waals surface area contributed by atoms with E-state index in [9.17, 15) is 4.39 Å². The lowest BCUT2D eigenvalue weighted by molar-refractivity contribution is 0.321. The van der Waals surface area contributed by atoms with Crippen molar-refractivity contribution < 1.29 is 9.13 Å². The summed E-state index contributed by atoms with van der Waals surface area (Å²) in [4.78, 5) is 0. The first kappa shape index (κ1) is 13.9. The summed E-state index contributed by atoms with van der Waals surface area (Å²) in [6, 6.07) is 12.3. The van der Waals surface area contributed by atoms with Crippen LogP contribution in [0.15, 0.2) is 42.5 Å².